The van der Waals surface area contributed by atoms with Crippen molar-refractivity contribution in [3.05, 3.63) is 71.8 Å². The van der Waals surface area contributed by atoms with E-state index < -0.39 is 0 Å². The maximum atomic E-state index is 12.8. The molecule has 0 unspecified atom stereocenters. The van der Waals surface area contributed by atoms with Crippen LogP contribution in [0.15, 0.2) is 60.7 Å². The highest BCUT2D eigenvalue weighted by atomic mass is 16.3. The number of aliphatic hydroxyl groups is 1. The van der Waals surface area contributed by atoms with Gasteiger partial charge in [0.2, 0.25) is 5.91 Å². The SMILES string of the molecule is O=C(CN1CC[C@H](O)C1)N(CCc1ccccc1)Cc1ccccc1. The number of nitrogens with zero attached hydrogens (tertiary/aromatic N) is 2. The summed E-state index contributed by atoms with van der Waals surface area (Å²) in [6.45, 7) is 3.12. The van der Waals surface area contributed by atoms with Gasteiger partial charge in [-0.15, -0.1) is 0 Å². The van der Waals surface area contributed by atoms with Crippen LogP contribution in [-0.4, -0.2) is 53.1 Å². The van der Waals surface area contributed by atoms with E-state index in [0.29, 0.717) is 26.2 Å². The van der Waals surface area contributed by atoms with E-state index in [1.807, 2.05) is 46.2 Å². The first kappa shape index (κ1) is 17.6. The zero-order valence-corrected chi connectivity index (χ0v) is 14.6. The van der Waals surface area contributed by atoms with Crippen LogP contribution in [-0.2, 0) is 17.8 Å². The maximum Gasteiger partial charge on any atom is 0.237 e. The molecule has 1 saturated heterocycles. The monoisotopic (exact) mass is 338 g/mol. The lowest BCUT2D eigenvalue weighted by Crippen LogP contribution is -2.40. The number of carbonyl (C=O) groups is 1. The molecule has 2 aromatic rings. The van der Waals surface area contributed by atoms with Crippen LogP contribution in [0.1, 0.15) is 17.5 Å². The number of hydrogen-bond donors (Lipinski definition) is 1. The number of likely N-dealkylation sites (tertiary alicyclic amines) is 1. The largest absolute Gasteiger partial charge is 0.392 e. The second-order valence-electron chi connectivity index (χ2n) is 6.71. The first-order chi connectivity index (χ1) is 12.2. The van der Waals surface area contributed by atoms with Crippen LogP contribution in [0, 0.1) is 0 Å². The second-order valence-corrected chi connectivity index (χ2v) is 6.71. The molecule has 4 heteroatoms. The quantitative estimate of drug-likeness (QED) is 0.843. The summed E-state index contributed by atoms with van der Waals surface area (Å²) in [5.41, 5.74) is 2.38. The van der Waals surface area contributed by atoms with Crippen molar-refractivity contribution in [3.8, 4) is 0 Å². The molecule has 0 spiro atoms. The van der Waals surface area contributed by atoms with E-state index >= 15 is 0 Å². The van der Waals surface area contributed by atoms with Gasteiger partial charge in [-0.3, -0.25) is 9.69 Å². The lowest BCUT2D eigenvalue weighted by atomic mass is 10.1. The van der Waals surface area contributed by atoms with Crippen LogP contribution in [0.25, 0.3) is 0 Å². The number of amides is 1. The summed E-state index contributed by atoms with van der Waals surface area (Å²) in [6.07, 6.45) is 1.32. The third kappa shape index (κ3) is 5.41. The molecule has 132 valence electrons. The summed E-state index contributed by atoms with van der Waals surface area (Å²) >= 11 is 0. The van der Waals surface area contributed by atoms with E-state index in [9.17, 15) is 9.90 Å². The van der Waals surface area contributed by atoms with Crippen LogP contribution in [0.2, 0.25) is 0 Å². The molecule has 25 heavy (non-hydrogen) atoms. The van der Waals surface area contributed by atoms with Gasteiger partial charge < -0.3 is 10.0 Å². The topological polar surface area (TPSA) is 43.8 Å². The number of hydrogen-bond acceptors (Lipinski definition) is 3. The molecule has 1 atom stereocenters. The van der Waals surface area contributed by atoms with E-state index in [-0.39, 0.29) is 12.0 Å². The zero-order chi connectivity index (χ0) is 17.5. The molecule has 0 aromatic heterocycles. The minimum absolute atomic E-state index is 0.133. The van der Waals surface area contributed by atoms with Gasteiger partial charge in [0, 0.05) is 26.2 Å². The Morgan fingerprint density at radius 2 is 1.68 bits per heavy atom. The summed E-state index contributed by atoms with van der Waals surface area (Å²) in [5, 5.41) is 9.67. The fourth-order valence-electron chi connectivity index (χ4n) is 3.25. The molecule has 1 heterocycles. The summed E-state index contributed by atoms with van der Waals surface area (Å²) < 4.78 is 0. The van der Waals surface area contributed by atoms with Crippen molar-refractivity contribution < 1.29 is 9.90 Å². The van der Waals surface area contributed by atoms with E-state index in [1.165, 1.54) is 5.56 Å². The van der Waals surface area contributed by atoms with E-state index in [4.69, 9.17) is 0 Å². The summed E-state index contributed by atoms with van der Waals surface area (Å²) in [4.78, 5) is 16.8. The van der Waals surface area contributed by atoms with Gasteiger partial charge in [-0.1, -0.05) is 60.7 Å². The molecule has 4 nitrogen and oxygen atoms in total. The Bertz CT molecular complexity index is 660. The highest BCUT2D eigenvalue weighted by Gasteiger charge is 2.24. The fourth-order valence-corrected chi connectivity index (χ4v) is 3.25. The number of β-amino-alcohol motifs (C(OH)–C–C–N with tert-alkyl or cyclic N) is 1. The minimum atomic E-state index is -0.292. The van der Waals surface area contributed by atoms with Crippen LogP contribution in [0.3, 0.4) is 0 Å². The second kappa shape index (κ2) is 8.79. The van der Waals surface area contributed by atoms with Crippen molar-refractivity contribution in [2.75, 3.05) is 26.2 Å². The predicted octanol–water partition coefficient (Wildman–Crippen LogP) is 2.32. The zero-order valence-electron chi connectivity index (χ0n) is 14.6. The average molecular weight is 338 g/mol. The van der Waals surface area contributed by atoms with Gasteiger partial charge in [-0.05, 0) is 24.0 Å². The molecule has 2 aromatic carbocycles. The number of carbonyl (C=O) groups excluding carboxylic acids is 1. The first-order valence-corrected chi connectivity index (χ1v) is 8.97. The summed E-state index contributed by atoms with van der Waals surface area (Å²) in [5.74, 6) is 0.133. The summed E-state index contributed by atoms with van der Waals surface area (Å²) in [6, 6.07) is 20.4. The Labute approximate surface area is 149 Å². The number of aliphatic hydroxyl groups excluding tert-OH is 1. The van der Waals surface area contributed by atoms with Gasteiger partial charge in [0.1, 0.15) is 0 Å². The van der Waals surface area contributed by atoms with Gasteiger partial charge in [-0.2, -0.15) is 0 Å². The number of rotatable bonds is 7. The molecular weight excluding hydrogens is 312 g/mol. The van der Waals surface area contributed by atoms with Gasteiger partial charge >= 0.3 is 0 Å². The molecule has 1 aliphatic rings. The van der Waals surface area contributed by atoms with Crippen molar-refractivity contribution >= 4 is 5.91 Å². The molecule has 1 fully saturated rings. The molecule has 0 bridgehead atoms. The molecule has 0 aliphatic carbocycles. The van der Waals surface area contributed by atoms with E-state index in [1.54, 1.807) is 0 Å². The molecule has 1 N–H and O–H groups in total. The Morgan fingerprint density at radius 1 is 1.04 bits per heavy atom. The molecule has 1 amide bonds. The molecule has 0 radical (unpaired) electrons. The predicted molar refractivity (Wildman–Crippen MR) is 99.1 cm³/mol. The van der Waals surface area contributed by atoms with Gasteiger partial charge in [0.25, 0.3) is 0 Å². The van der Waals surface area contributed by atoms with Crippen molar-refractivity contribution in [1.82, 2.24) is 9.80 Å². The highest BCUT2D eigenvalue weighted by molar-refractivity contribution is 5.78. The van der Waals surface area contributed by atoms with Crippen molar-refractivity contribution in [2.24, 2.45) is 0 Å². The van der Waals surface area contributed by atoms with Crippen molar-refractivity contribution in [3.63, 3.8) is 0 Å². The van der Waals surface area contributed by atoms with Crippen LogP contribution < -0.4 is 0 Å². The van der Waals surface area contributed by atoms with E-state index in [0.717, 1.165) is 24.9 Å². The number of benzene rings is 2. The van der Waals surface area contributed by atoms with Gasteiger partial charge in [0.05, 0.1) is 12.6 Å². The maximum absolute atomic E-state index is 12.8. The van der Waals surface area contributed by atoms with Crippen LogP contribution in [0.4, 0.5) is 0 Å². The normalized spacial score (nSPS) is 17.6. The smallest absolute Gasteiger partial charge is 0.237 e. The minimum Gasteiger partial charge on any atom is -0.392 e. The lowest BCUT2D eigenvalue weighted by Gasteiger charge is -2.25. The van der Waals surface area contributed by atoms with Crippen molar-refractivity contribution in [2.45, 2.75) is 25.5 Å². The van der Waals surface area contributed by atoms with E-state index in [2.05, 4.69) is 24.3 Å². The fraction of sp³-hybridized carbons (Fsp3) is 0.381. The molecule has 3 rings (SSSR count). The molecule has 1 aliphatic heterocycles. The first-order valence-electron chi connectivity index (χ1n) is 8.97. The molecule has 0 saturated carbocycles. The molecular formula is C21H26N2O2. The highest BCUT2D eigenvalue weighted by Crippen LogP contribution is 2.12. The summed E-state index contributed by atoms with van der Waals surface area (Å²) in [7, 11) is 0. The van der Waals surface area contributed by atoms with Gasteiger partial charge in [-0.25, -0.2) is 0 Å². The Morgan fingerprint density at radius 3 is 2.28 bits per heavy atom. The van der Waals surface area contributed by atoms with Crippen LogP contribution >= 0.6 is 0 Å². The third-order valence-electron chi connectivity index (χ3n) is 4.69. The Hall–Kier alpha value is -2.17. The Kier molecular flexibility index (Phi) is 6.20. The standard InChI is InChI=1S/C21H26N2O2/c24-20-12-13-22(16-20)17-21(25)23(15-19-9-5-2-6-10-19)14-11-18-7-3-1-4-8-18/h1-10,20,24H,11-17H2/t20-/m0/s1. The van der Waals surface area contributed by atoms with Crippen molar-refractivity contribution in [1.29, 1.82) is 0 Å². The Balaban J connectivity index is 1.63. The van der Waals surface area contributed by atoms with Gasteiger partial charge in [0.15, 0.2) is 0 Å². The third-order valence-corrected chi connectivity index (χ3v) is 4.69. The lowest BCUT2D eigenvalue weighted by molar-refractivity contribution is -0.132. The van der Waals surface area contributed by atoms with Crippen LogP contribution in [0.5, 0.6) is 0 Å². The average Bonchev–Trinajstić information content (AvgIpc) is 3.05.